The lowest BCUT2D eigenvalue weighted by Gasteiger charge is -2.13. The van der Waals surface area contributed by atoms with Gasteiger partial charge in [0, 0.05) is 49.6 Å². The molecule has 0 radical (unpaired) electrons. The standard InChI is InChI=1S/C53H33N5/c1-3-16-37(17-4-1)57-47-25-13-11-23-42(47)44-29-27-35(32-49(44)57)51-54-52(56-53(55-51)46-31-34-15-7-8-20-39(34)40-21-9-10-22-41(40)46)36-28-30-45-43-24-12-14-26-48(43)58(50(45)33-36)38-18-5-2-6-19-38/h1-33H. The molecule has 3 aromatic heterocycles. The lowest BCUT2D eigenvalue weighted by Crippen LogP contribution is -2.01. The van der Waals surface area contributed by atoms with Crippen molar-refractivity contribution in [2.45, 2.75) is 0 Å². The fourth-order valence-corrected chi connectivity index (χ4v) is 8.92. The van der Waals surface area contributed by atoms with Crippen LogP contribution in [0.4, 0.5) is 0 Å². The molecule has 0 spiro atoms. The van der Waals surface area contributed by atoms with Gasteiger partial charge in [-0.3, -0.25) is 0 Å². The third-order valence-corrected chi connectivity index (χ3v) is 11.5. The van der Waals surface area contributed by atoms with Crippen LogP contribution < -0.4 is 0 Å². The highest BCUT2D eigenvalue weighted by atomic mass is 15.0. The van der Waals surface area contributed by atoms with Gasteiger partial charge in [-0.25, -0.2) is 15.0 Å². The molecule has 0 N–H and O–H groups in total. The number of hydrogen-bond donors (Lipinski definition) is 0. The van der Waals surface area contributed by atoms with Crippen molar-refractivity contribution in [3.05, 3.63) is 200 Å². The van der Waals surface area contributed by atoms with Crippen molar-refractivity contribution in [2.75, 3.05) is 0 Å². The van der Waals surface area contributed by atoms with E-state index in [-0.39, 0.29) is 0 Å². The molecular weight excluding hydrogens is 707 g/mol. The van der Waals surface area contributed by atoms with Gasteiger partial charge in [-0.15, -0.1) is 0 Å². The van der Waals surface area contributed by atoms with E-state index in [4.69, 9.17) is 15.0 Å². The van der Waals surface area contributed by atoms with Crippen LogP contribution in [0.2, 0.25) is 0 Å². The maximum Gasteiger partial charge on any atom is 0.164 e. The van der Waals surface area contributed by atoms with Crippen molar-refractivity contribution in [1.82, 2.24) is 24.1 Å². The Kier molecular flexibility index (Phi) is 7.16. The van der Waals surface area contributed by atoms with Crippen LogP contribution in [0.15, 0.2) is 200 Å². The number of fused-ring (bicyclic) bond motifs is 9. The fourth-order valence-electron chi connectivity index (χ4n) is 8.92. The molecule has 12 aromatic rings. The van der Waals surface area contributed by atoms with Gasteiger partial charge in [-0.05, 0) is 76.1 Å². The summed E-state index contributed by atoms with van der Waals surface area (Å²) in [6.07, 6.45) is 0. The number of hydrogen-bond acceptors (Lipinski definition) is 3. The average molecular weight is 740 g/mol. The van der Waals surface area contributed by atoms with E-state index < -0.39 is 0 Å². The zero-order valence-corrected chi connectivity index (χ0v) is 31.3. The minimum Gasteiger partial charge on any atom is -0.309 e. The molecule has 0 saturated carbocycles. The summed E-state index contributed by atoms with van der Waals surface area (Å²) < 4.78 is 4.68. The molecule has 9 aromatic carbocycles. The van der Waals surface area contributed by atoms with Crippen molar-refractivity contribution in [1.29, 1.82) is 0 Å². The Morgan fingerprint density at radius 3 is 1.24 bits per heavy atom. The molecule has 0 aliphatic carbocycles. The van der Waals surface area contributed by atoms with Gasteiger partial charge in [0.2, 0.25) is 0 Å². The minimum atomic E-state index is 0.618. The maximum absolute atomic E-state index is 5.35. The lowest BCUT2D eigenvalue weighted by atomic mass is 9.97. The zero-order valence-electron chi connectivity index (χ0n) is 31.3. The summed E-state index contributed by atoms with van der Waals surface area (Å²) in [6, 6.07) is 70.9. The second-order valence-corrected chi connectivity index (χ2v) is 14.8. The molecule has 0 fully saturated rings. The number of benzene rings is 9. The molecular formula is C53H33N5. The van der Waals surface area contributed by atoms with Crippen LogP contribution in [0, 0.1) is 0 Å². The first-order valence-corrected chi connectivity index (χ1v) is 19.6. The summed E-state index contributed by atoms with van der Waals surface area (Å²) in [7, 11) is 0. The van der Waals surface area contributed by atoms with Gasteiger partial charge in [0.15, 0.2) is 17.5 Å². The Morgan fingerprint density at radius 2 is 0.690 bits per heavy atom. The molecule has 3 heterocycles. The SMILES string of the molecule is c1ccc(-n2c3ccccc3c3ccc(-c4nc(-c5ccc6c7ccccc7n(-c7ccccc7)c6c5)nc(-c5cc6ccccc6c6ccccc56)n4)cc32)cc1. The minimum absolute atomic E-state index is 0.618. The molecule has 58 heavy (non-hydrogen) atoms. The fraction of sp³-hybridized carbons (Fsp3) is 0. The quantitative estimate of drug-likeness (QED) is 0.165. The Balaban J connectivity index is 1.14. The summed E-state index contributed by atoms with van der Waals surface area (Å²) in [5.74, 6) is 1.87. The second-order valence-electron chi connectivity index (χ2n) is 14.8. The summed E-state index contributed by atoms with van der Waals surface area (Å²) in [5, 5.41) is 9.38. The van der Waals surface area contributed by atoms with Crippen LogP contribution in [0.5, 0.6) is 0 Å². The number of para-hydroxylation sites is 4. The molecule has 0 unspecified atom stereocenters. The van der Waals surface area contributed by atoms with E-state index in [1.807, 2.05) is 0 Å². The van der Waals surface area contributed by atoms with Gasteiger partial charge in [0.1, 0.15) is 0 Å². The number of nitrogens with zero attached hydrogens (tertiary/aromatic N) is 5. The highest BCUT2D eigenvalue weighted by Gasteiger charge is 2.20. The van der Waals surface area contributed by atoms with Crippen molar-refractivity contribution >= 4 is 65.2 Å². The summed E-state index contributed by atoms with van der Waals surface area (Å²) in [4.78, 5) is 16.0. The maximum atomic E-state index is 5.35. The first-order valence-electron chi connectivity index (χ1n) is 19.6. The van der Waals surface area contributed by atoms with Gasteiger partial charge in [-0.2, -0.15) is 0 Å². The Labute approximate surface area is 333 Å². The van der Waals surface area contributed by atoms with Crippen LogP contribution in [0.1, 0.15) is 0 Å². The first-order chi connectivity index (χ1) is 28.8. The zero-order chi connectivity index (χ0) is 38.2. The van der Waals surface area contributed by atoms with Crippen molar-refractivity contribution in [2.24, 2.45) is 0 Å². The Hall–Kier alpha value is -7.89. The normalized spacial score (nSPS) is 11.8. The van der Waals surface area contributed by atoms with Crippen LogP contribution in [-0.4, -0.2) is 24.1 Å². The van der Waals surface area contributed by atoms with E-state index in [1.165, 1.54) is 32.3 Å². The summed E-state index contributed by atoms with van der Waals surface area (Å²) in [5.41, 5.74) is 9.52. The van der Waals surface area contributed by atoms with E-state index in [0.29, 0.717) is 17.5 Å². The van der Waals surface area contributed by atoms with E-state index in [2.05, 4.69) is 209 Å². The topological polar surface area (TPSA) is 48.5 Å². The number of rotatable bonds is 5. The van der Waals surface area contributed by atoms with Crippen molar-refractivity contribution in [3.63, 3.8) is 0 Å². The smallest absolute Gasteiger partial charge is 0.164 e. The van der Waals surface area contributed by atoms with Gasteiger partial charge in [-0.1, -0.05) is 146 Å². The van der Waals surface area contributed by atoms with Crippen LogP contribution in [0.25, 0.3) is 111 Å². The molecule has 12 rings (SSSR count). The monoisotopic (exact) mass is 739 g/mol. The molecule has 5 heteroatoms. The lowest BCUT2D eigenvalue weighted by molar-refractivity contribution is 1.08. The van der Waals surface area contributed by atoms with E-state index >= 15 is 0 Å². The molecule has 270 valence electrons. The van der Waals surface area contributed by atoms with Crippen molar-refractivity contribution < 1.29 is 0 Å². The molecule has 0 bridgehead atoms. The van der Waals surface area contributed by atoms with E-state index in [0.717, 1.165) is 60.9 Å². The third kappa shape index (κ3) is 5.00. The van der Waals surface area contributed by atoms with Crippen molar-refractivity contribution in [3.8, 4) is 45.5 Å². The molecule has 5 nitrogen and oxygen atoms in total. The molecule has 0 amide bonds. The summed E-state index contributed by atoms with van der Waals surface area (Å²) >= 11 is 0. The first kappa shape index (κ1) is 32.4. The molecule has 0 aliphatic heterocycles. The summed E-state index contributed by atoms with van der Waals surface area (Å²) in [6.45, 7) is 0. The predicted molar refractivity (Wildman–Crippen MR) is 240 cm³/mol. The largest absolute Gasteiger partial charge is 0.309 e. The molecule has 0 saturated heterocycles. The van der Waals surface area contributed by atoms with Gasteiger partial charge in [0.05, 0.1) is 22.1 Å². The Bertz CT molecular complexity index is 3390. The van der Waals surface area contributed by atoms with E-state index in [9.17, 15) is 0 Å². The average Bonchev–Trinajstić information content (AvgIpc) is 3.81. The van der Waals surface area contributed by atoms with E-state index in [1.54, 1.807) is 0 Å². The molecule has 0 aliphatic rings. The van der Waals surface area contributed by atoms with Gasteiger partial charge >= 0.3 is 0 Å². The second kappa shape index (κ2) is 12.8. The third-order valence-electron chi connectivity index (χ3n) is 11.5. The van der Waals surface area contributed by atoms with Crippen LogP contribution >= 0.6 is 0 Å². The highest BCUT2D eigenvalue weighted by Crippen LogP contribution is 2.39. The predicted octanol–water partition coefficient (Wildman–Crippen LogP) is 13.4. The van der Waals surface area contributed by atoms with Gasteiger partial charge in [0.25, 0.3) is 0 Å². The van der Waals surface area contributed by atoms with Gasteiger partial charge < -0.3 is 9.13 Å². The highest BCUT2D eigenvalue weighted by molar-refractivity contribution is 6.14. The molecule has 0 atom stereocenters. The Morgan fingerprint density at radius 1 is 0.276 bits per heavy atom. The number of aromatic nitrogens is 5. The van der Waals surface area contributed by atoms with Crippen LogP contribution in [0.3, 0.4) is 0 Å². The van der Waals surface area contributed by atoms with Crippen LogP contribution in [-0.2, 0) is 0 Å².